The van der Waals surface area contributed by atoms with Gasteiger partial charge in [-0.05, 0) is 67.6 Å². The molecule has 3 aromatic rings. The Labute approximate surface area is 230 Å². The number of benzene rings is 2. The van der Waals surface area contributed by atoms with Crippen LogP contribution in [0.4, 0.5) is 5.82 Å². The van der Waals surface area contributed by atoms with Crippen LogP contribution in [0.15, 0.2) is 65.6 Å². The molecule has 10 nitrogen and oxygen atoms in total. The maximum absolute atomic E-state index is 13.3. The Morgan fingerprint density at radius 1 is 1.05 bits per heavy atom. The molecule has 208 valence electrons. The second-order valence-electron chi connectivity index (χ2n) is 10.1. The first-order chi connectivity index (χ1) is 18.8. The van der Waals surface area contributed by atoms with Crippen LogP contribution in [0.5, 0.6) is 11.5 Å². The van der Waals surface area contributed by atoms with Gasteiger partial charge in [0, 0.05) is 22.9 Å². The minimum absolute atomic E-state index is 0. The number of carbonyl (C=O) groups excluding carboxylic acids is 2. The van der Waals surface area contributed by atoms with Gasteiger partial charge in [-0.15, -0.1) is 0 Å². The van der Waals surface area contributed by atoms with Crippen molar-refractivity contribution in [2.45, 2.75) is 36.0 Å². The molecule has 1 saturated carbocycles. The Balaban J connectivity index is 0.00000161. The fourth-order valence-electron chi connectivity index (χ4n) is 5.21. The summed E-state index contributed by atoms with van der Waals surface area (Å²) in [5.74, 6) is 0.635. The first kappa shape index (κ1) is 25.3. The zero-order valence-electron chi connectivity index (χ0n) is 21.1. The van der Waals surface area contributed by atoms with E-state index in [4.69, 9.17) is 15.2 Å². The van der Waals surface area contributed by atoms with Gasteiger partial charge in [0.05, 0.1) is 21.9 Å². The third kappa shape index (κ3) is 4.72. The summed E-state index contributed by atoms with van der Waals surface area (Å²) in [6.07, 6.45) is 2.64. The highest BCUT2D eigenvalue weighted by Gasteiger charge is 2.51. The van der Waals surface area contributed by atoms with E-state index < -0.39 is 27.3 Å². The first-order valence-electron chi connectivity index (χ1n) is 12.8. The Bertz CT molecular complexity index is 1570. The number of amides is 2. The fourth-order valence-corrected chi connectivity index (χ4v) is 6.73. The lowest BCUT2D eigenvalue weighted by Gasteiger charge is -2.30. The minimum Gasteiger partial charge on any atom is -0.454 e. The average molecular weight is 555 g/mol. The normalized spacial score (nSPS) is 19.8. The molecule has 0 bridgehead atoms. The van der Waals surface area contributed by atoms with Gasteiger partial charge in [-0.2, -0.15) is 4.31 Å². The molecule has 2 fully saturated rings. The van der Waals surface area contributed by atoms with Crippen LogP contribution in [-0.4, -0.2) is 49.4 Å². The van der Waals surface area contributed by atoms with E-state index in [2.05, 4.69) is 10.3 Å². The first-order valence-corrected chi connectivity index (χ1v) is 14.3. The lowest BCUT2D eigenvalue weighted by Crippen LogP contribution is -2.44. The van der Waals surface area contributed by atoms with Crippen molar-refractivity contribution in [2.75, 3.05) is 25.2 Å². The van der Waals surface area contributed by atoms with Gasteiger partial charge in [0.2, 0.25) is 28.6 Å². The van der Waals surface area contributed by atoms with Crippen molar-refractivity contribution in [2.24, 2.45) is 11.7 Å². The molecule has 0 spiro atoms. The number of aromatic nitrogens is 1. The van der Waals surface area contributed by atoms with Gasteiger partial charge in [0.25, 0.3) is 0 Å². The smallest absolute Gasteiger partial charge is 0.243 e. The molecule has 3 aliphatic rings. The molecular formula is C28H34N4O6S. The number of nitrogens with two attached hydrogens (primary N) is 1. The van der Waals surface area contributed by atoms with Gasteiger partial charge in [-0.1, -0.05) is 24.3 Å². The number of fused-ring (bicyclic) bond motifs is 1. The average Bonchev–Trinajstić information content (AvgIpc) is 3.64. The van der Waals surface area contributed by atoms with Crippen LogP contribution in [0, 0.1) is 5.92 Å². The maximum atomic E-state index is 13.3. The topological polar surface area (TPSA) is 141 Å². The van der Waals surface area contributed by atoms with Crippen molar-refractivity contribution in [3.05, 3.63) is 66.2 Å². The van der Waals surface area contributed by atoms with Crippen LogP contribution in [0.25, 0.3) is 11.3 Å². The second kappa shape index (κ2) is 9.65. The molecule has 1 saturated heterocycles. The van der Waals surface area contributed by atoms with Crippen LogP contribution in [0.3, 0.4) is 0 Å². The number of anilines is 1. The minimum atomic E-state index is -3.76. The Morgan fingerprint density at radius 3 is 2.56 bits per heavy atom. The standard InChI is InChI=1S/C28H28N4O6S.3H2/c29-26(33)19-3-2-14-32(16-19)39(35,36)21-9-6-18(7-10-21)22-4-1-5-25(30-22)31-27(34)28(12-13-28)20-8-11-23-24(15-20)38-17-37-23;;;/h1,4-11,15,19H,2-3,12-14,16-17H2,(H2,29,33)(H,30,31,34);3*1H. The highest BCUT2D eigenvalue weighted by Crippen LogP contribution is 2.51. The summed E-state index contributed by atoms with van der Waals surface area (Å²) in [6.45, 7) is 0.622. The number of nitrogens with one attached hydrogen (secondary N) is 1. The van der Waals surface area contributed by atoms with Crippen molar-refractivity contribution < 1.29 is 31.8 Å². The summed E-state index contributed by atoms with van der Waals surface area (Å²) in [7, 11) is -3.76. The van der Waals surface area contributed by atoms with E-state index in [1.54, 1.807) is 30.3 Å². The van der Waals surface area contributed by atoms with Gasteiger partial charge < -0.3 is 20.5 Å². The molecule has 1 atom stereocenters. The molecule has 1 unspecified atom stereocenters. The third-order valence-corrected chi connectivity index (χ3v) is 9.55. The van der Waals surface area contributed by atoms with Crippen molar-refractivity contribution in [3.63, 3.8) is 0 Å². The summed E-state index contributed by atoms with van der Waals surface area (Å²) in [4.78, 5) is 29.6. The van der Waals surface area contributed by atoms with E-state index >= 15 is 0 Å². The van der Waals surface area contributed by atoms with E-state index in [0.717, 1.165) is 18.4 Å². The largest absolute Gasteiger partial charge is 0.454 e. The number of pyridine rings is 1. The van der Waals surface area contributed by atoms with Gasteiger partial charge in [-0.25, -0.2) is 13.4 Å². The molecule has 3 heterocycles. The van der Waals surface area contributed by atoms with E-state index in [0.29, 0.717) is 48.0 Å². The molecule has 2 aromatic carbocycles. The van der Waals surface area contributed by atoms with Crippen LogP contribution >= 0.6 is 0 Å². The van der Waals surface area contributed by atoms with Crippen LogP contribution < -0.4 is 20.5 Å². The fraction of sp³-hybridized carbons (Fsp3) is 0.321. The highest BCUT2D eigenvalue weighted by atomic mass is 32.2. The molecule has 39 heavy (non-hydrogen) atoms. The highest BCUT2D eigenvalue weighted by molar-refractivity contribution is 7.89. The quantitative estimate of drug-likeness (QED) is 0.453. The summed E-state index contributed by atoms with van der Waals surface area (Å²) < 4.78 is 38.5. The summed E-state index contributed by atoms with van der Waals surface area (Å²) in [5.41, 5.74) is 6.96. The Kier molecular flexibility index (Phi) is 6.27. The van der Waals surface area contributed by atoms with Crippen LogP contribution in [0.2, 0.25) is 0 Å². The number of rotatable bonds is 7. The number of hydrogen-bond donors (Lipinski definition) is 2. The number of hydrogen-bond acceptors (Lipinski definition) is 7. The molecule has 0 radical (unpaired) electrons. The summed E-state index contributed by atoms with van der Waals surface area (Å²) >= 11 is 0. The van der Waals surface area contributed by atoms with Crippen molar-refractivity contribution >= 4 is 27.7 Å². The maximum Gasteiger partial charge on any atom is 0.243 e. The lowest BCUT2D eigenvalue weighted by atomic mass is 9.94. The third-order valence-electron chi connectivity index (χ3n) is 7.67. The number of piperidine rings is 1. The van der Waals surface area contributed by atoms with Crippen LogP contribution in [-0.2, 0) is 25.0 Å². The number of primary amides is 1. The molecular weight excluding hydrogens is 520 g/mol. The molecule has 11 heteroatoms. The summed E-state index contributed by atoms with van der Waals surface area (Å²) in [5, 5.41) is 2.95. The number of ether oxygens (including phenoxy) is 2. The molecule has 2 amide bonds. The SMILES string of the molecule is NC(=O)C1CCCN(S(=O)(=O)c2ccc(-c3cccc(NC(=O)C4(c5ccc6c(c5)OCO6)CC4)n3)cc2)C1.[HH].[HH].[HH]. The molecule has 1 aliphatic carbocycles. The van der Waals surface area contributed by atoms with Crippen molar-refractivity contribution in [1.82, 2.24) is 9.29 Å². The van der Waals surface area contributed by atoms with Gasteiger partial charge in [0.15, 0.2) is 11.5 Å². The number of nitrogens with zero attached hydrogens (tertiary/aromatic N) is 2. The Morgan fingerprint density at radius 2 is 1.82 bits per heavy atom. The van der Waals surface area contributed by atoms with Gasteiger partial charge in [-0.3, -0.25) is 9.59 Å². The molecule has 6 rings (SSSR count). The Hall–Kier alpha value is -3.96. The summed E-state index contributed by atoms with van der Waals surface area (Å²) in [6, 6.07) is 17.3. The number of carbonyl (C=O) groups is 2. The molecule has 2 aliphatic heterocycles. The van der Waals surface area contributed by atoms with E-state index in [1.807, 2.05) is 18.2 Å². The van der Waals surface area contributed by atoms with Gasteiger partial charge in [0.1, 0.15) is 5.82 Å². The van der Waals surface area contributed by atoms with E-state index in [1.165, 1.54) is 16.4 Å². The monoisotopic (exact) mass is 554 g/mol. The number of sulfonamides is 1. The lowest BCUT2D eigenvalue weighted by molar-refractivity contribution is -0.122. The zero-order valence-corrected chi connectivity index (χ0v) is 21.9. The van der Waals surface area contributed by atoms with E-state index in [-0.39, 0.29) is 28.4 Å². The predicted molar refractivity (Wildman–Crippen MR) is 149 cm³/mol. The van der Waals surface area contributed by atoms with Crippen LogP contribution in [0.1, 0.15) is 35.5 Å². The van der Waals surface area contributed by atoms with Gasteiger partial charge >= 0.3 is 0 Å². The zero-order chi connectivity index (χ0) is 27.2. The van der Waals surface area contributed by atoms with Crippen molar-refractivity contribution in [1.29, 1.82) is 0 Å². The van der Waals surface area contributed by atoms with E-state index in [9.17, 15) is 18.0 Å². The molecule has 1 aromatic heterocycles. The second-order valence-corrected chi connectivity index (χ2v) is 12.1. The van der Waals surface area contributed by atoms with Crippen molar-refractivity contribution in [3.8, 4) is 22.8 Å². The predicted octanol–water partition coefficient (Wildman–Crippen LogP) is 3.77. The molecule has 3 N–H and O–H groups in total.